The summed E-state index contributed by atoms with van der Waals surface area (Å²) in [6.07, 6.45) is 5.23. The monoisotopic (exact) mass is 410 g/mol. The number of benzene rings is 2. The molecule has 1 aliphatic rings. The van der Waals surface area contributed by atoms with E-state index in [0.29, 0.717) is 11.1 Å². The predicted molar refractivity (Wildman–Crippen MR) is 119 cm³/mol. The van der Waals surface area contributed by atoms with Crippen molar-refractivity contribution in [1.82, 2.24) is 0 Å². The molecule has 2 aromatic rings. The number of aromatic hydroxyl groups is 1. The summed E-state index contributed by atoms with van der Waals surface area (Å²) in [6.45, 7) is 1.97. The van der Waals surface area contributed by atoms with Crippen LogP contribution in [0.2, 0.25) is 0 Å². The molecule has 0 aliphatic carbocycles. The van der Waals surface area contributed by atoms with Crippen LogP contribution in [0.5, 0.6) is 5.75 Å². The lowest BCUT2D eigenvalue weighted by atomic mass is 10.00. The van der Waals surface area contributed by atoms with E-state index in [1.54, 1.807) is 66.0 Å². The molecule has 3 nitrogen and oxygen atoms in total. The van der Waals surface area contributed by atoms with Gasteiger partial charge in [-0.25, -0.2) is 0 Å². The second-order valence-corrected chi connectivity index (χ2v) is 9.02. The van der Waals surface area contributed by atoms with Crippen LogP contribution in [0.3, 0.4) is 0 Å². The van der Waals surface area contributed by atoms with E-state index in [1.165, 1.54) is 6.08 Å². The van der Waals surface area contributed by atoms with E-state index in [1.807, 2.05) is 19.1 Å². The molecule has 28 heavy (non-hydrogen) atoms. The van der Waals surface area contributed by atoms with Crippen molar-refractivity contribution >= 4 is 41.2 Å². The number of aryl methyl sites for hydroxylation is 1. The van der Waals surface area contributed by atoms with Gasteiger partial charge in [-0.2, -0.15) is 0 Å². The fourth-order valence-electron chi connectivity index (χ4n) is 2.76. The molecule has 1 N–H and O–H groups in total. The molecular weight excluding hydrogens is 388 g/mol. The van der Waals surface area contributed by atoms with Crippen molar-refractivity contribution in [2.45, 2.75) is 19.8 Å². The van der Waals surface area contributed by atoms with Gasteiger partial charge in [-0.15, -0.1) is 23.5 Å². The fraction of sp³-hybridized carbons (Fsp3) is 0.217. The first-order chi connectivity index (χ1) is 13.5. The number of hydrogen-bond acceptors (Lipinski definition) is 5. The van der Waals surface area contributed by atoms with Crippen LogP contribution in [0.15, 0.2) is 64.4 Å². The van der Waals surface area contributed by atoms with Gasteiger partial charge >= 0.3 is 0 Å². The van der Waals surface area contributed by atoms with E-state index in [4.69, 9.17) is 0 Å². The maximum absolute atomic E-state index is 13.2. The fourth-order valence-corrected chi connectivity index (χ4v) is 5.33. The number of rotatable bonds is 5. The molecule has 1 heterocycles. The second-order valence-electron chi connectivity index (χ2n) is 6.55. The number of allylic oxidation sites excluding steroid dienone is 2. The van der Waals surface area contributed by atoms with E-state index in [2.05, 4.69) is 0 Å². The molecule has 5 heteroatoms. The molecule has 0 aromatic heterocycles. The number of carbonyl (C=O) groups is 2. The lowest BCUT2D eigenvalue weighted by molar-refractivity contribution is -0.111. The van der Waals surface area contributed by atoms with Crippen LogP contribution in [0.4, 0.5) is 0 Å². The average Bonchev–Trinajstić information content (AvgIpc) is 2.96. The number of phenolic OH excluding ortho intramolecular Hbond substituents is 1. The first kappa shape index (κ1) is 20.5. The van der Waals surface area contributed by atoms with Gasteiger partial charge in [0.15, 0.2) is 11.6 Å². The Labute approximate surface area is 173 Å². The molecule has 3 rings (SSSR count). The second kappa shape index (κ2) is 9.80. The molecule has 0 saturated carbocycles. The zero-order valence-electron chi connectivity index (χ0n) is 15.7. The third-order valence-corrected chi connectivity index (χ3v) is 6.92. The molecule has 0 unspecified atom stereocenters. The highest BCUT2D eigenvalue weighted by atomic mass is 32.2. The van der Waals surface area contributed by atoms with Gasteiger partial charge in [0.25, 0.3) is 0 Å². The summed E-state index contributed by atoms with van der Waals surface area (Å²) < 4.78 is 0.814. The zero-order valence-corrected chi connectivity index (χ0v) is 17.3. The normalized spacial score (nSPS) is 14.7. The van der Waals surface area contributed by atoms with E-state index in [9.17, 15) is 14.7 Å². The van der Waals surface area contributed by atoms with E-state index >= 15 is 0 Å². The van der Waals surface area contributed by atoms with Crippen LogP contribution in [0.25, 0.3) is 6.08 Å². The van der Waals surface area contributed by atoms with Crippen molar-refractivity contribution in [2.75, 3.05) is 11.5 Å². The SMILES string of the molecule is Cc1ccc(C(=O)C(C(=O)/C=C/c2cccc(O)c2)=C2SCCCCS2)cc1. The first-order valence-corrected chi connectivity index (χ1v) is 11.1. The Balaban J connectivity index is 1.95. The highest BCUT2D eigenvalue weighted by Gasteiger charge is 2.24. The van der Waals surface area contributed by atoms with Gasteiger partial charge < -0.3 is 5.11 Å². The molecule has 1 fully saturated rings. The quantitative estimate of drug-likeness (QED) is 0.299. The van der Waals surface area contributed by atoms with Gasteiger partial charge in [-0.1, -0.05) is 48.0 Å². The van der Waals surface area contributed by atoms with Crippen LogP contribution < -0.4 is 0 Å². The number of hydrogen-bond donors (Lipinski definition) is 1. The summed E-state index contributed by atoms with van der Waals surface area (Å²) in [7, 11) is 0. The van der Waals surface area contributed by atoms with Gasteiger partial charge in [-0.05, 0) is 55.0 Å². The van der Waals surface area contributed by atoms with E-state index in [0.717, 1.165) is 34.1 Å². The Morgan fingerprint density at radius 1 is 1.00 bits per heavy atom. The van der Waals surface area contributed by atoms with Crippen molar-refractivity contribution in [3.8, 4) is 5.75 Å². The van der Waals surface area contributed by atoms with Crippen molar-refractivity contribution < 1.29 is 14.7 Å². The number of thioether (sulfide) groups is 2. The first-order valence-electron chi connectivity index (χ1n) is 9.17. The summed E-state index contributed by atoms with van der Waals surface area (Å²) in [5.41, 5.74) is 2.55. The summed E-state index contributed by atoms with van der Waals surface area (Å²) in [4.78, 5) is 26.2. The average molecular weight is 411 g/mol. The van der Waals surface area contributed by atoms with Gasteiger partial charge in [-0.3, -0.25) is 9.59 Å². The Morgan fingerprint density at radius 3 is 2.32 bits per heavy atom. The predicted octanol–water partition coefficient (Wildman–Crippen LogP) is 5.64. The summed E-state index contributed by atoms with van der Waals surface area (Å²) in [6, 6.07) is 14.0. The number of ketones is 2. The maximum Gasteiger partial charge on any atom is 0.198 e. The van der Waals surface area contributed by atoms with E-state index in [-0.39, 0.29) is 22.9 Å². The lowest BCUT2D eigenvalue weighted by Crippen LogP contribution is -2.13. The topological polar surface area (TPSA) is 54.4 Å². The molecule has 2 aromatic carbocycles. The molecule has 144 valence electrons. The smallest absolute Gasteiger partial charge is 0.198 e. The molecule has 0 radical (unpaired) electrons. The van der Waals surface area contributed by atoms with Crippen molar-refractivity contribution in [3.05, 3.63) is 81.1 Å². The number of Topliss-reactive ketones (excluding diaryl/α,β-unsaturated/α-hetero) is 1. The van der Waals surface area contributed by atoms with Gasteiger partial charge in [0.1, 0.15) is 5.75 Å². The Morgan fingerprint density at radius 2 is 1.68 bits per heavy atom. The van der Waals surface area contributed by atoms with Crippen LogP contribution in [-0.2, 0) is 4.79 Å². The largest absolute Gasteiger partial charge is 0.508 e. The molecule has 0 bridgehead atoms. The zero-order chi connectivity index (χ0) is 19.9. The standard InChI is InChI=1S/C23H22O3S2/c1-16-7-10-18(11-8-16)22(26)21(23-27-13-2-3-14-28-23)20(25)12-9-17-5-4-6-19(24)15-17/h4-12,15,24H,2-3,13-14H2,1H3/b12-9+. The van der Waals surface area contributed by atoms with Gasteiger partial charge in [0, 0.05) is 5.56 Å². The summed E-state index contributed by atoms with van der Waals surface area (Å²) in [5, 5.41) is 9.59. The summed E-state index contributed by atoms with van der Waals surface area (Å²) >= 11 is 3.20. The number of phenols is 1. The van der Waals surface area contributed by atoms with E-state index < -0.39 is 0 Å². The minimum atomic E-state index is -0.300. The number of carbonyl (C=O) groups excluding carboxylic acids is 2. The Kier molecular flexibility index (Phi) is 7.18. The molecule has 0 atom stereocenters. The van der Waals surface area contributed by atoms with Crippen molar-refractivity contribution in [3.63, 3.8) is 0 Å². The minimum Gasteiger partial charge on any atom is -0.508 e. The summed E-state index contributed by atoms with van der Waals surface area (Å²) in [5.74, 6) is 1.43. The Hall–Kier alpha value is -2.24. The molecule has 1 saturated heterocycles. The van der Waals surface area contributed by atoms with Crippen LogP contribution in [0, 0.1) is 6.92 Å². The maximum atomic E-state index is 13.2. The van der Waals surface area contributed by atoms with Crippen LogP contribution >= 0.6 is 23.5 Å². The molecule has 0 spiro atoms. The molecular formula is C23H22O3S2. The van der Waals surface area contributed by atoms with Gasteiger partial charge in [0.05, 0.1) is 9.81 Å². The van der Waals surface area contributed by atoms with Crippen LogP contribution in [0.1, 0.15) is 34.3 Å². The highest BCUT2D eigenvalue weighted by molar-refractivity contribution is 8.22. The van der Waals surface area contributed by atoms with Gasteiger partial charge in [0.2, 0.25) is 0 Å². The lowest BCUT2D eigenvalue weighted by Gasteiger charge is -2.10. The third kappa shape index (κ3) is 5.40. The van der Waals surface area contributed by atoms with Crippen molar-refractivity contribution in [2.24, 2.45) is 0 Å². The highest BCUT2D eigenvalue weighted by Crippen LogP contribution is 2.37. The Bertz CT molecular complexity index is 917. The third-order valence-electron chi connectivity index (χ3n) is 4.29. The van der Waals surface area contributed by atoms with Crippen molar-refractivity contribution in [1.29, 1.82) is 0 Å². The van der Waals surface area contributed by atoms with Crippen LogP contribution in [-0.4, -0.2) is 28.2 Å². The molecule has 0 amide bonds. The minimum absolute atomic E-state index is 0.138. The molecule has 1 aliphatic heterocycles.